The van der Waals surface area contributed by atoms with Crippen molar-refractivity contribution < 1.29 is 9.59 Å². The zero-order valence-corrected chi connectivity index (χ0v) is 17.8. The van der Waals surface area contributed by atoms with Crippen molar-refractivity contribution in [1.82, 2.24) is 14.9 Å². The van der Waals surface area contributed by atoms with Gasteiger partial charge in [0, 0.05) is 44.3 Å². The molecule has 1 aromatic carbocycles. The molecule has 0 aliphatic carbocycles. The summed E-state index contributed by atoms with van der Waals surface area (Å²) in [6.45, 7) is 7.05. The number of thiophene rings is 1. The van der Waals surface area contributed by atoms with Crippen molar-refractivity contribution in [2.24, 2.45) is 0 Å². The number of nitrogens with one attached hydrogen (secondary N) is 1. The molecule has 0 unspecified atom stereocenters. The van der Waals surface area contributed by atoms with Gasteiger partial charge in [-0.25, -0.2) is 4.98 Å². The zero-order chi connectivity index (χ0) is 21.1. The summed E-state index contributed by atoms with van der Waals surface area (Å²) in [7, 11) is 0. The number of amides is 2. The predicted molar refractivity (Wildman–Crippen MR) is 118 cm³/mol. The standard InChI is InChI=1S/C22H23N5O2S/c1-15-3-4-16(2)19(13-15)26-8-10-27(11-9-26)22(29)20-17(5-12-30-20)25-21(28)18-14-23-6-7-24-18/h3-7,12-14H,8-11H2,1-2H3,(H,25,28). The molecule has 1 fully saturated rings. The SMILES string of the molecule is Cc1ccc(C)c(N2CCN(C(=O)c3sccc3NC(=O)c3cnccn3)CC2)c1. The number of nitrogens with zero attached hydrogens (tertiary/aromatic N) is 4. The predicted octanol–water partition coefficient (Wildman–Crippen LogP) is 3.37. The third-order valence-corrected chi connectivity index (χ3v) is 6.08. The molecule has 1 aliphatic heterocycles. The number of hydrogen-bond donors (Lipinski definition) is 1. The van der Waals surface area contributed by atoms with Gasteiger partial charge in [-0.05, 0) is 42.5 Å². The lowest BCUT2D eigenvalue weighted by atomic mass is 10.1. The van der Waals surface area contributed by atoms with Gasteiger partial charge in [-0.1, -0.05) is 12.1 Å². The summed E-state index contributed by atoms with van der Waals surface area (Å²) in [4.78, 5) is 38.1. The molecular weight excluding hydrogens is 398 g/mol. The molecule has 3 heterocycles. The lowest BCUT2D eigenvalue weighted by Crippen LogP contribution is -2.49. The first-order valence-corrected chi connectivity index (χ1v) is 10.7. The van der Waals surface area contributed by atoms with E-state index in [1.807, 2.05) is 10.3 Å². The van der Waals surface area contributed by atoms with Crippen LogP contribution in [0.1, 0.15) is 31.3 Å². The molecule has 7 nitrogen and oxygen atoms in total. The van der Waals surface area contributed by atoms with E-state index in [0.717, 1.165) is 13.1 Å². The van der Waals surface area contributed by atoms with Crippen LogP contribution < -0.4 is 10.2 Å². The van der Waals surface area contributed by atoms with Crippen molar-refractivity contribution in [3.05, 3.63) is 69.9 Å². The second kappa shape index (κ2) is 8.62. The summed E-state index contributed by atoms with van der Waals surface area (Å²) >= 11 is 1.33. The van der Waals surface area contributed by atoms with E-state index in [4.69, 9.17) is 0 Å². The fourth-order valence-electron chi connectivity index (χ4n) is 3.53. The first-order valence-electron chi connectivity index (χ1n) is 9.79. The minimum absolute atomic E-state index is 0.0555. The van der Waals surface area contributed by atoms with E-state index in [1.54, 1.807) is 6.07 Å². The summed E-state index contributed by atoms with van der Waals surface area (Å²) in [5, 5.41) is 4.60. The van der Waals surface area contributed by atoms with Crippen LogP contribution in [0.5, 0.6) is 0 Å². The number of rotatable bonds is 4. The average Bonchev–Trinajstić information content (AvgIpc) is 3.23. The van der Waals surface area contributed by atoms with Gasteiger partial charge in [0.25, 0.3) is 11.8 Å². The molecule has 154 valence electrons. The maximum atomic E-state index is 13.1. The van der Waals surface area contributed by atoms with Gasteiger partial charge < -0.3 is 15.1 Å². The molecule has 0 atom stereocenters. The molecule has 0 radical (unpaired) electrons. The number of hydrogen-bond acceptors (Lipinski definition) is 6. The minimum Gasteiger partial charge on any atom is -0.368 e. The summed E-state index contributed by atoms with van der Waals surface area (Å²) in [6, 6.07) is 8.21. The van der Waals surface area contributed by atoms with E-state index in [2.05, 4.69) is 52.2 Å². The topological polar surface area (TPSA) is 78.4 Å². The molecule has 0 spiro atoms. The Morgan fingerprint density at radius 3 is 2.60 bits per heavy atom. The third-order valence-electron chi connectivity index (χ3n) is 5.18. The summed E-state index contributed by atoms with van der Waals surface area (Å²) in [5.74, 6) is -0.435. The highest BCUT2D eigenvalue weighted by atomic mass is 32.1. The molecule has 2 amide bonds. The van der Waals surface area contributed by atoms with Crippen LogP contribution in [0.25, 0.3) is 0 Å². The van der Waals surface area contributed by atoms with Gasteiger partial charge in [0.15, 0.2) is 0 Å². The van der Waals surface area contributed by atoms with Gasteiger partial charge in [0.1, 0.15) is 10.6 Å². The van der Waals surface area contributed by atoms with Crippen molar-refractivity contribution in [1.29, 1.82) is 0 Å². The van der Waals surface area contributed by atoms with Crippen molar-refractivity contribution in [2.45, 2.75) is 13.8 Å². The summed E-state index contributed by atoms with van der Waals surface area (Å²) in [5.41, 5.74) is 4.43. The lowest BCUT2D eigenvalue weighted by Gasteiger charge is -2.37. The van der Waals surface area contributed by atoms with Crippen LogP contribution in [0.2, 0.25) is 0 Å². The number of aromatic nitrogens is 2. The molecule has 30 heavy (non-hydrogen) atoms. The highest BCUT2D eigenvalue weighted by molar-refractivity contribution is 7.12. The second-order valence-corrected chi connectivity index (χ2v) is 8.19. The molecule has 4 rings (SSSR count). The van der Waals surface area contributed by atoms with Crippen LogP contribution in [0.3, 0.4) is 0 Å². The highest BCUT2D eigenvalue weighted by Gasteiger charge is 2.26. The molecular formula is C22H23N5O2S. The number of benzene rings is 1. The van der Waals surface area contributed by atoms with Gasteiger partial charge in [0.2, 0.25) is 0 Å². The Hall–Kier alpha value is -3.26. The largest absolute Gasteiger partial charge is 0.368 e. The molecule has 1 N–H and O–H groups in total. The van der Waals surface area contributed by atoms with E-state index >= 15 is 0 Å². The van der Waals surface area contributed by atoms with Crippen molar-refractivity contribution >= 4 is 34.5 Å². The van der Waals surface area contributed by atoms with Crippen LogP contribution in [-0.4, -0.2) is 52.9 Å². The van der Waals surface area contributed by atoms with Gasteiger partial charge in [-0.3, -0.25) is 14.6 Å². The zero-order valence-electron chi connectivity index (χ0n) is 17.0. The molecule has 1 aliphatic rings. The van der Waals surface area contributed by atoms with Crippen molar-refractivity contribution in [3.63, 3.8) is 0 Å². The first-order chi connectivity index (χ1) is 14.5. The second-order valence-electron chi connectivity index (χ2n) is 7.28. The molecule has 3 aromatic rings. The molecule has 8 heteroatoms. The molecule has 0 saturated carbocycles. The van der Waals surface area contributed by atoms with E-state index in [0.29, 0.717) is 23.7 Å². The molecule has 0 bridgehead atoms. The Morgan fingerprint density at radius 2 is 1.87 bits per heavy atom. The maximum Gasteiger partial charge on any atom is 0.275 e. The number of aryl methyl sites for hydroxylation is 2. The van der Waals surface area contributed by atoms with Crippen molar-refractivity contribution in [2.75, 3.05) is 36.4 Å². The summed E-state index contributed by atoms with van der Waals surface area (Å²) in [6.07, 6.45) is 4.37. The number of carbonyl (C=O) groups excluding carboxylic acids is 2. The first kappa shape index (κ1) is 20.0. The van der Waals surface area contributed by atoms with E-state index in [1.165, 1.54) is 46.7 Å². The number of anilines is 2. The molecule has 1 saturated heterocycles. The monoisotopic (exact) mass is 421 g/mol. The van der Waals surface area contributed by atoms with Crippen LogP contribution in [0.4, 0.5) is 11.4 Å². The normalized spacial score (nSPS) is 13.9. The van der Waals surface area contributed by atoms with E-state index in [-0.39, 0.29) is 17.5 Å². The van der Waals surface area contributed by atoms with Gasteiger partial charge in [-0.15, -0.1) is 11.3 Å². The van der Waals surface area contributed by atoms with Gasteiger partial charge in [-0.2, -0.15) is 0 Å². The number of carbonyl (C=O) groups is 2. The molecule has 2 aromatic heterocycles. The van der Waals surface area contributed by atoms with Crippen LogP contribution >= 0.6 is 11.3 Å². The van der Waals surface area contributed by atoms with Crippen LogP contribution in [0.15, 0.2) is 48.2 Å². The van der Waals surface area contributed by atoms with Crippen LogP contribution in [-0.2, 0) is 0 Å². The fourth-order valence-corrected chi connectivity index (χ4v) is 4.35. The Morgan fingerprint density at radius 1 is 1.07 bits per heavy atom. The van der Waals surface area contributed by atoms with Crippen molar-refractivity contribution in [3.8, 4) is 0 Å². The summed E-state index contributed by atoms with van der Waals surface area (Å²) < 4.78 is 0. The Labute approximate surface area is 179 Å². The lowest BCUT2D eigenvalue weighted by molar-refractivity contribution is 0.0752. The van der Waals surface area contributed by atoms with Gasteiger partial charge >= 0.3 is 0 Å². The van der Waals surface area contributed by atoms with Gasteiger partial charge in [0.05, 0.1) is 11.9 Å². The van der Waals surface area contributed by atoms with E-state index in [9.17, 15) is 9.59 Å². The minimum atomic E-state index is -0.379. The smallest absolute Gasteiger partial charge is 0.275 e. The maximum absolute atomic E-state index is 13.1. The van der Waals surface area contributed by atoms with E-state index < -0.39 is 0 Å². The average molecular weight is 422 g/mol. The van der Waals surface area contributed by atoms with Crippen LogP contribution in [0, 0.1) is 13.8 Å². The quantitative estimate of drug-likeness (QED) is 0.699. The Bertz CT molecular complexity index is 1060. The highest BCUT2D eigenvalue weighted by Crippen LogP contribution is 2.27. The third kappa shape index (κ3) is 4.18. The number of piperazine rings is 1. The Kier molecular flexibility index (Phi) is 5.76. The fraction of sp³-hybridized carbons (Fsp3) is 0.273. The Balaban J connectivity index is 1.42.